The lowest BCUT2D eigenvalue weighted by molar-refractivity contribution is 0.252. The second-order valence-corrected chi connectivity index (χ2v) is 6.90. The molecule has 1 aliphatic carbocycles. The first-order valence-corrected chi connectivity index (χ1v) is 9.00. The van der Waals surface area contributed by atoms with Gasteiger partial charge in [0.2, 0.25) is 5.89 Å². The van der Waals surface area contributed by atoms with Crippen molar-refractivity contribution in [2.24, 2.45) is 0 Å². The summed E-state index contributed by atoms with van der Waals surface area (Å²) in [7, 11) is 0. The zero-order valence-corrected chi connectivity index (χ0v) is 13.6. The highest BCUT2D eigenvalue weighted by Crippen LogP contribution is 2.31. The Balaban J connectivity index is 1.43. The average Bonchev–Trinajstić information content (AvgIpc) is 3.30. The molecule has 2 aromatic rings. The molecule has 2 fully saturated rings. The molecule has 2 aliphatic rings. The molecule has 23 heavy (non-hydrogen) atoms. The highest BCUT2D eigenvalue weighted by molar-refractivity contribution is 7.14. The molecule has 1 saturated heterocycles. The van der Waals surface area contributed by atoms with Crippen LogP contribution in [-0.4, -0.2) is 34.2 Å². The van der Waals surface area contributed by atoms with Crippen LogP contribution in [0.4, 0.5) is 9.93 Å². The van der Waals surface area contributed by atoms with Crippen molar-refractivity contribution < 1.29 is 9.32 Å². The maximum Gasteiger partial charge on any atom is 0.323 e. The molecule has 1 N–H and O–H groups in total. The number of nitrogens with zero attached hydrogens (tertiary/aromatic N) is 4. The van der Waals surface area contributed by atoms with E-state index in [9.17, 15) is 4.79 Å². The number of thiazole rings is 1. The third-order valence-corrected chi connectivity index (χ3v) is 5.33. The summed E-state index contributed by atoms with van der Waals surface area (Å²) in [6.45, 7) is 1.33. The Hall–Kier alpha value is -1.96. The van der Waals surface area contributed by atoms with Crippen LogP contribution in [0.1, 0.15) is 55.4 Å². The highest BCUT2D eigenvalue weighted by Gasteiger charge is 2.25. The van der Waals surface area contributed by atoms with Gasteiger partial charge < -0.3 is 9.84 Å². The zero-order chi connectivity index (χ0) is 15.6. The van der Waals surface area contributed by atoms with E-state index in [0.717, 1.165) is 29.5 Å². The van der Waals surface area contributed by atoms with Gasteiger partial charge in [-0.3, -0.25) is 4.90 Å². The molecule has 2 amide bonds. The van der Waals surface area contributed by atoms with Gasteiger partial charge in [-0.2, -0.15) is 4.98 Å². The summed E-state index contributed by atoms with van der Waals surface area (Å²) < 4.78 is 5.39. The van der Waals surface area contributed by atoms with Crippen molar-refractivity contribution in [1.82, 2.24) is 20.4 Å². The quantitative estimate of drug-likeness (QED) is 0.930. The minimum Gasteiger partial charge on any atom is -0.339 e. The van der Waals surface area contributed by atoms with Crippen molar-refractivity contribution in [2.75, 3.05) is 18.0 Å². The van der Waals surface area contributed by atoms with Gasteiger partial charge in [0.05, 0.1) is 12.1 Å². The SMILES string of the molecule is O=C1NCCN1c1nc(Cc2nc(C3CCCCC3)no2)cs1. The van der Waals surface area contributed by atoms with Gasteiger partial charge >= 0.3 is 6.03 Å². The van der Waals surface area contributed by atoms with Crippen LogP contribution in [0, 0.1) is 0 Å². The predicted octanol–water partition coefficient (Wildman–Crippen LogP) is 2.69. The van der Waals surface area contributed by atoms with Crippen LogP contribution in [-0.2, 0) is 6.42 Å². The van der Waals surface area contributed by atoms with Crippen LogP contribution in [0.5, 0.6) is 0 Å². The average molecular weight is 333 g/mol. The van der Waals surface area contributed by atoms with Crippen molar-refractivity contribution in [3.8, 4) is 0 Å². The van der Waals surface area contributed by atoms with Gasteiger partial charge in [0, 0.05) is 24.4 Å². The van der Waals surface area contributed by atoms with E-state index in [2.05, 4.69) is 20.4 Å². The summed E-state index contributed by atoms with van der Waals surface area (Å²) in [5.74, 6) is 1.89. The second kappa shape index (κ2) is 6.27. The van der Waals surface area contributed by atoms with Gasteiger partial charge in [0.1, 0.15) is 0 Å². The van der Waals surface area contributed by atoms with E-state index in [1.165, 1.54) is 30.6 Å². The van der Waals surface area contributed by atoms with Crippen LogP contribution >= 0.6 is 11.3 Å². The lowest BCUT2D eigenvalue weighted by Crippen LogP contribution is -2.27. The third-order valence-electron chi connectivity index (χ3n) is 4.41. The number of carbonyl (C=O) groups excluding carboxylic acids is 1. The van der Waals surface area contributed by atoms with E-state index in [-0.39, 0.29) is 6.03 Å². The molecule has 0 bridgehead atoms. The number of rotatable bonds is 4. The first-order chi connectivity index (χ1) is 11.3. The summed E-state index contributed by atoms with van der Waals surface area (Å²) >= 11 is 1.47. The van der Waals surface area contributed by atoms with Gasteiger partial charge in [-0.15, -0.1) is 11.3 Å². The van der Waals surface area contributed by atoms with E-state index in [4.69, 9.17) is 4.52 Å². The van der Waals surface area contributed by atoms with Crippen molar-refractivity contribution in [3.05, 3.63) is 22.8 Å². The summed E-state index contributed by atoms with van der Waals surface area (Å²) in [4.78, 5) is 22.4. The lowest BCUT2D eigenvalue weighted by Gasteiger charge is -2.17. The number of amides is 2. The number of hydrogen-bond acceptors (Lipinski definition) is 6. The molecule has 2 aromatic heterocycles. The molecule has 122 valence electrons. The van der Waals surface area contributed by atoms with E-state index in [0.29, 0.717) is 31.3 Å². The Morgan fingerprint density at radius 1 is 1.30 bits per heavy atom. The number of carbonyl (C=O) groups is 1. The summed E-state index contributed by atoms with van der Waals surface area (Å²) in [6, 6.07) is -0.0803. The van der Waals surface area contributed by atoms with Crippen LogP contribution in [0.25, 0.3) is 0 Å². The number of hydrogen-bond donors (Lipinski definition) is 1. The number of aromatic nitrogens is 3. The van der Waals surface area contributed by atoms with Gasteiger partial charge in [-0.05, 0) is 12.8 Å². The minimum atomic E-state index is -0.0803. The fourth-order valence-corrected chi connectivity index (χ4v) is 4.03. The van der Waals surface area contributed by atoms with Gasteiger partial charge in [0.25, 0.3) is 0 Å². The Labute approximate surface area is 138 Å². The van der Waals surface area contributed by atoms with Crippen molar-refractivity contribution >= 4 is 22.5 Å². The maximum atomic E-state index is 11.7. The molecular weight excluding hydrogens is 314 g/mol. The van der Waals surface area contributed by atoms with Gasteiger partial charge in [-0.25, -0.2) is 9.78 Å². The highest BCUT2D eigenvalue weighted by atomic mass is 32.1. The standard InChI is InChI=1S/C15H19N5O2S/c21-14-16-6-7-20(14)15-17-11(9-23-15)8-12-18-13(19-22-12)10-4-2-1-3-5-10/h9-10H,1-8H2,(H,16,21). The van der Waals surface area contributed by atoms with Gasteiger partial charge in [-0.1, -0.05) is 24.4 Å². The van der Waals surface area contributed by atoms with Crippen LogP contribution in [0.2, 0.25) is 0 Å². The van der Waals surface area contributed by atoms with E-state index in [1.807, 2.05) is 5.38 Å². The maximum absolute atomic E-state index is 11.7. The Morgan fingerprint density at radius 2 is 2.17 bits per heavy atom. The van der Waals surface area contributed by atoms with Crippen molar-refractivity contribution in [3.63, 3.8) is 0 Å². The third kappa shape index (κ3) is 3.08. The monoisotopic (exact) mass is 333 g/mol. The number of anilines is 1. The fourth-order valence-electron chi connectivity index (χ4n) is 3.18. The minimum absolute atomic E-state index is 0.0803. The smallest absolute Gasteiger partial charge is 0.323 e. The van der Waals surface area contributed by atoms with Crippen LogP contribution in [0.3, 0.4) is 0 Å². The Kier molecular flexibility index (Phi) is 3.99. The molecule has 3 heterocycles. The predicted molar refractivity (Wildman–Crippen MR) is 85.8 cm³/mol. The molecule has 1 saturated carbocycles. The zero-order valence-electron chi connectivity index (χ0n) is 12.8. The van der Waals surface area contributed by atoms with E-state index >= 15 is 0 Å². The number of urea groups is 1. The van der Waals surface area contributed by atoms with E-state index < -0.39 is 0 Å². The van der Waals surface area contributed by atoms with E-state index in [1.54, 1.807) is 4.90 Å². The Bertz CT molecular complexity index is 692. The van der Waals surface area contributed by atoms with Crippen LogP contribution in [0.15, 0.2) is 9.90 Å². The van der Waals surface area contributed by atoms with Crippen molar-refractivity contribution in [1.29, 1.82) is 0 Å². The topological polar surface area (TPSA) is 84.2 Å². The first-order valence-electron chi connectivity index (χ1n) is 8.12. The summed E-state index contributed by atoms with van der Waals surface area (Å²) in [5.41, 5.74) is 0.864. The molecule has 0 spiro atoms. The molecule has 4 rings (SSSR count). The lowest BCUT2D eigenvalue weighted by atomic mass is 9.89. The molecule has 7 nitrogen and oxygen atoms in total. The molecule has 0 atom stereocenters. The van der Waals surface area contributed by atoms with Crippen LogP contribution < -0.4 is 10.2 Å². The normalized spacial score (nSPS) is 19.3. The molecule has 1 aliphatic heterocycles. The van der Waals surface area contributed by atoms with Gasteiger partial charge in [0.15, 0.2) is 11.0 Å². The first kappa shape index (κ1) is 14.6. The molecule has 0 unspecified atom stereocenters. The molecule has 8 heteroatoms. The number of nitrogens with one attached hydrogen (secondary N) is 1. The summed E-state index contributed by atoms with van der Waals surface area (Å²) in [6.07, 6.45) is 6.65. The largest absolute Gasteiger partial charge is 0.339 e. The van der Waals surface area contributed by atoms with Crippen molar-refractivity contribution in [2.45, 2.75) is 44.4 Å². The molecule has 0 aromatic carbocycles. The molecule has 0 radical (unpaired) electrons. The summed E-state index contributed by atoms with van der Waals surface area (Å²) in [5, 5.41) is 9.60. The fraction of sp³-hybridized carbons (Fsp3) is 0.600. The second-order valence-electron chi connectivity index (χ2n) is 6.06. The Morgan fingerprint density at radius 3 is 2.96 bits per heavy atom. The molecular formula is C15H19N5O2S.